The molecule has 5 nitrogen and oxygen atoms in total. The number of hydrogen-bond acceptors (Lipinski definition) is 5. The second kappa shape index (κ2) is 4.92. The van der Waals surface area contributed by atoms with E-state index in [1.807, 2.05) is 12.2 Å². The number of carbonyl (C=O) groups excluding carboxylic acids is 2. The highest BCUT2D eigenvalue weighted by atomic mass is 16.6. The third kappa shape index (κ3) is 1.77. The number of esters is 1. The van der Waals surface area contributed by atoms with E-state index in [4.69, 9.17) is 9.84 Å². The minimum atomic E-state index is -1.13. The van der Waals surface area contributed by atoms with Gasteiger partial charge in [0.25, 0.3) is 0 Å². The van der Waals surface area contributed by atoms with Gasteiger partial charge in [0.05, 0.1) is 12.0 Å². The topological polar surface area (TPSA) is 83.8 Å². The third-order valence-corrected chi connectivity index (χ3v) is 5.68. The van der Waals surface area contributed by atoms with Gasteiger partial charge in [0.2, 0.25) is 0 Å². The maximum atomic E-state index is 12.3. The Morgan fingerprint density at radius 2 is 2.24 bits per heavy atom. The van der Waals surface area contributed by atoms with Gasteiger partial charge in [-0.3, -0.25) is 9.59 Å². The Morgan fingerprint density at radius 1 is 1.48 bits per heavy atom. The van der Waals surface area contributed by atoms with Crippen LogP contribution >= 0.6 is 0 Å². The Labute approximate surface area is 124 Å². The summed E-state index contributed by atoms with van der Waals surface area (Å²) >= 11 is 0. The molecule has 0 aromatic rings. The highest BCUT2D eigenvalue weighted by Crippen LogP contribution is 2.62. The second-order valence-electron chi connectivity index (χ2n) is 6.64. The number of ketones is 1. The number of rotatable bonds is 4. The van der Waals surface area contributed by atoms with Gasteiger partial charge in [-0.1, -0.05) is 12.2 Å². The molecule has 2 fully saturated rings. The molecule has 0 radical (unpaired) electrons. The van der Waals surface area contributed by atoms with Crippen LogP contribution < -0.4 is 0 Å². The van der Waals surface area contributed by atoms with E-state index in [1.165, 1.54) is 0 Å². The van der Waals surface area contributed by atoms with Crippen LogP contribution in [0, 0.1) is 17.3 Å². The molecular weight excluding hydrogens is 272 g/mol. The van der Waals surface area contributed by atoms with E-state index in [0.29, 0.717) is 0 Å². The zero-order chi connectivity index (χ0) is 15.3. The second-order valence-corrected chi connectivity index (χ2v) is 6.64. The van der Waals surface area contributed by atoms with E-state index in [-0.39, 0.29) is 31.1 Å². The van der Waals surface area contributed by atoms with E-state index in [0.717, 1.165) is 19.3 Å². The van der Waals surface area contributed by atoms with Gasteiger partial charge >= 0.3 is 5.97 Å². The first kappa shape index (κ1) is 14.7. The van der Waals surface area contributed by atoms with Crippen LogP contribution in [0.25, 0.3) is 0 Å². The van der Waals surface area contributed by atoms with Crippen molar-refractivity contribution >= 4 is 11.8 Å². The van der Waals surface area contributed by atoms with Crippen molar-refractivity contribution in [2.75, 3.05) is 6.61 Å². The van der Waals surface area contributed by atoms with Crippen LogP contribution in [0.5, 0.6) is 0 Å². The van der Waals surface area contributed by atoms with Crippen LogP contribution in [0.4, 0.5) is 0 Å². The van der Waals surface area contributed by atoms with Gasteiger partial charge in [0.15, 0.2) is 0 Å². The van der Waals surface area contributed by atoms with Crippen molar-refractivity contribution < 1.29 is 24.5 Å². The number of aliphatic hydroxyl groups is 2. The Balaban J connectivity index is 1.94. The lowest BCUT2D eigenvalue weighted by Gasteiger charge is -2.55. The number of ether oxygens (including phenoxy) is 1. The molecule has 0 aromatic carbocycles. The molecule has 3 rings (SSSR count). The molecule has 0 amide bonds. The summed E-state index contributed by atoms with van der Waals surface area (Å²) in [6, 6.07) is 0. The molecule has 5 heteroatoms. The Kier molecular flexibility index (Phi) is 3.45. The lowest BCUT2D eigenvalue weighted by molar-refractivity contribution is -0.263. The number of Topliss-reactive ketones (excluding diaryl/α,β-unsaturated/α-hetero) is 1. The van der Waals surface area contributed by atoms with Gasteiger partial charge < -0.3 is 14.9 Å². The normalized spacial score (nSPS) is 43.2. The quantitative estimate of drug-likeness (QED) is 0.596. The van der Waals surface area contributed by atoms with E-state index < -0.39 is 29.0 Å². The van der Waals surface area contributed by atoms with Gasteiger partial charge in [-0.05, 0) is 32.6 Å². The summed E-state index contributed by atoms with van der Waals surface area (Å²) in [6.07, 6.45) is 6.18. The van der Waals surface area contributed by atoms with E-state index >= 15 is 0 Å². The Bertz CT molecular complexity index is 499. The third-order valence-electron chi connectivity index (χ3n) is 5.68. The number of fused-ring (bicyclic) bond motifs is 1. The molecule has 5 atom stereocenters. The average Bonchev–Trinajstić information content (AvgIpc) is 2.65. The van der Waals surface area contributed by atoms with Crippen molar-refractivity contribution in [1.82, 2.24) is 0 Å². The summed E-state index contributed by atoms with van der Waals surface area (Å²) in [7, 11) is 0. The van der Waals surface area contributed by atoms with Gasteiger partial charge in [-0.25, -0.2) is 0 Å². The fourth-order valence-electron chi connectivity index (χ4n) is 4.42. The Hall–Kier alpha value is -1.20. The first-order valence-corrected chi connectivity index (χ1v) is 7.69. The van der Waals surface area contributed by atoms with Crippen molar-refractivity contribution in [3.63, 3.8) is 0 Å². The van der Waals surface area contributed by atoms with E-state index in [1.54, 1.807) is 6.92 Å². The average molecular weight is 294 g/mol. The molecule has 0 unspecified atom stereocenters. The van der Waals surface area contributed by atoms with Crippen LogP contribution in [0.15, 0.2) is 12.2 Å². The van der Waals surface area contributed by atoms with Crippen LogP contribution in [-0.4, -0.2) is 40.3 Å². The smallest absolute Gasteiger partial charge is 0.319 e. The van der Waals surface area contributed by atoms with Crippen LogP contribution in [0.3, 0.4) is 0 Å². The molecule has 116 valence electrons. The minimum absolute atomic E-state index is 0.0263. The molecule has 0 spiro atoms. The first-order chi connectivity index (χ1) is 9.97. The molecule has 1 heterocycles. The van der Waals surface area contributed by atoms with Crippen LogP contribution in [-0.2, 0) is 14.3 Å². The maximum Gasteiger partial charge on any atom is 0.319 e. The largest absolute Gasteiger partial charge is 0.457 e. The van der Waals surface area contributed by atoms with Crippen molar-refractivity contribution in [3.8, 4) is 0 Å². The van der Waals surface area contributed by atoms with Crippen molar-refractivity contribution in [3.05, 3.63) is 12.2 Å². The highest BCUT2D eigenvalue weighted by Gasteiger charge is 2.78. The van der Waals surface area contributed by atoms with Crippen LogP contribution in [0.1, 0.15) is 39.0 Å². The predicted molar refractivity (Wildman–Crippen MR) is 74.2 cm³/mol. The van der Waals surface area contributed by atoms with Crippen molar-refractivity contribution in [2.45, 2.75) is 50.7 Å². The van der Waals surface area contributed by atoms with Gasteiger partial charge in [0, 0.05) is 18.9 Å². The summed E-state index contributed by atoms with van der Waals surface area (Å²) in [5.74, 6) is -1.17. The summed E-state index contributed by atoms with van der Waals surface area (Å²) < 4.78 is 5.35. The molecule has 1 saturated heterocycles. The minimum Gasteiger partial charge on any atom is -0.457 e. The zero-order valence-corrected chi connectivity index (χ0v) is 12.2. The number of aliphatic hydroxyl groups excluding tert-OH is 2. The lowest BCUT2D eigenvalue weighted by atomic mass is 9.60. The maximum absolute atomic E-state index is 12.3. The lowest BCUT2D eigenvalue weighted by Crippen LogP contribution is -2.70. The highest BCUT2D eigenvalue weighted by molar-refractivity contribution is 6.00. The summed E-state index contributed by atoms with van der Waals surface area (Å²) in [5, 5.41) is 20.0. The summed E-state index contributed by atoms with van der Waals surface area (Å²) in [6.45, 7) is 1.61. The summed E-state index contributed by atoms with van der Waals surface area (Å²) in [5.41, 5.74) is -2.11. The molecule has 1 saturated carbocycles. The molecule has 21 heavy (non-hydrogen) atoms. The number of allylic oxidation sites excluding steroid dienone is 1. The Morgan fingerprint density at radius 3 is 2.81 bits per heavy atom. The van der Waals surface area contributed by atoms with Crippen molar-refractivity contribution in [1.29, 1.82) is 0 Å². The molecule has 1 aliphatic heterocycles. The van der Waals surface area contributed by atoms with Gasteiger partial charge in [-0.2, -0.15) is 0 Å². The first-order valence-electron chi connectivity index (χ1n) is 7.69. The molecular formula is C16H22O5. The van der Waals surface area contributed by atoms with Crippen LogP contribution in [0.2, 0.25) is 0 Å². The molecule has 0 aromatic heterocycles. The predicted octanol–water partition coefficient (Wildman–Crippen LogP) is 0.977. The molecule has 2 N–H and O–H groups in total. The van der Waals surface area contributed by atoms with Gasteiger partial charge in [-0.15, -0.1) is 0 Å². The fraction of sp³-hybridized carbons (Fsp3) is 0.750. The fourth-order valence-corrected chi connectivity index (χ4v) is 4.42. The zero-order valence-electron chi connectivity index (χ0n) is 12.2. The van der Waals surface area contributed by atoms with E-state index in [2.05, 4.69) is 0 Å². The number of hydrogen-bond donors (Lipinski definition) is 2. The van der Waals surface area contributed by atoms with Gasteiger partial charge in [0.1, 0.15) is 16.8 Å². The SMILES string of the molecule is C[C@@]12OC(=O)[C@]1([C@H](O)[C@@H]1C=CCCC1)CC(=O)[C@@H]2CCO. The standard InChI is InChI=1S/C16H22O5/c1-15-11(7-8-17)12(18)9-16(15,14(20)21-15)13(19)10-5-3-2-4-6-10/h3,5,10-11,13,17,19H,2,4,6-9H2,1H3/t10-,11+,13-,15+,16-/m1/s1. The molecule has 3 aliphatic rings. The number of carbonyl (C=O) groups is 2. The molecule has 0 bridgehead atoms. The van der Waals surface area contributed by atoms with E-state index in [9.17, 15) is 14.7 Å². The molecule has 2 aliphatic carbocycles. The summed E-state index contributed by atoms with van der Waals surface area (Å²) in [4.78, 5) is 24.5. The monoisotopic (exact) mass is 294 g/mol. The van der Waals surface area contributed by atoms with Crippen molar-refractivity contribution in [2.24, 2.45) is 17.3 Å².